The number of hydrogen-bond acceptors (Lipinski definition) is 7. The summed E-state index contributed by atoms with van der Waals surface area (Å²) in [5, 5.41) is 17.9. The minimum absolute atomic E-state index is 0.196. The van der Waals surface area contributed by atoms with Crippen LogP contribution < -0.4 is 5.32 Å². The average molecular weight is 284 g/mol. The molecule has 0 bridgehead atoms. The lowest BCUT2D eigenvalue weighted by Gasteiger charge is -2.30. The van der Waals surface area contributed by atoms with E-state index in [1.165, 1.54) is 0 Å². The lowest BCUT2D eigenvalue weighted by atomic mass is 9.92. The fourth-order valence-electron chi connectivity index (χ4n) is 2.57. The van der Waals surface area contributed by atoms with Gasteiger partial charge in [-0.2, -0.15) is 16.7 Å². The Morgan fingerprint density at radius 3 is 3.00 bits per heavy atom. The third-order valence-electron chi connectivity index (χ3n) is 3.96. The van der Waals surface area contributed by atoms with Gasteiger partial charge < -0.3 is 14.9 Å². The number of piperidine rings is 1. The van der Waals surface area contributed by atoms with Gasteiger partial charge in [0.1, 0.15) is 5.60 Å². The van der Waals surface area contributed by atoms with Crippen molar-refractivity contribution in [1.82, 2.24) is 20.4 Å². The van der Waals surface area contributed by atoms with Crippen LogP contribution in [0.1, 0.15) is 30.6 Å². The van der Waals surface area contributed by atoms with Crippen LogP contribution in [-0.2, 0) is 5.60 Å². The van der Waals surface area contributed by atoms with Gasteiger partial charge in [0.2, 0.25) is 0 Å². The zero-order chi connectivity index (χ0) is 13.3. The molecule has 2 fully saturated rings. The van der Waals surface area contributed by atoms with Gasteiger partial charge in [-0.1, -0.05) is 5.16 Å². The van der Waals surface area contributed by atoms with Crippen molar-refractivity contribution >= 4 is 11.8 Å². The molecule has 0 spiro atoms. The van der Waals surface area contributed by atoms with Crippen LogP contribution in [0.15, 0.2) is 4.52 Å². The Kier molecular flexibility index (Phi) is 3.79. The van der Waals surface area contributed by atoms with Gasteiger partial charge in [0.05, 0.1) is 6.04 Å². The number of nitrogens with zero attached hydrogens (tertiary/aromatic N) is 3. The number of thioether (sulfide) groups is 1. The van der Waals surface area contributed by atoms with Crippen molar-refractivity contribution < 1.29 is 9.63 Å². The van der Waals surface area contributed by atoms with Gasteiger partial charge in [-0.05, 0) is 33.0 Å². The second kappa shape index (κ2) is 5.40. The fourth-order valence-corrected chi connectivity index (χ4v) is 3.78. The first-order valence-corrected chi connectivity index (χ1v) is 7.90. The monoisotopic (exact) mass is 284 g/mol. The van der Waals surface area contributed by atoms with E-state index in [1.807, 2.05) is 11.8 Å². The highest BCUT2D eigenvalue weighted by Gasteiger charge is 2.38. The van der Waals surface area contributed by atoms with Crippen LogP contribution in [0.25, 0.3) is 0 Å². The maximum atomic E-state index is 10.6. The first kappa shape index (κ1) is 13.4. The minimum Gasteiger partial charge on any atom is -0.380 e. The Morgan fingerprint density at radius 2 is 2.26 bits per heavy atom. The molecule has 1 unspecified atom stereocenters. The van der Waals surface area contributed by atoms with Crippen molar-refractivity contribution in [2.75, 3.05) is 38.2 Å². The van der Waals surface area contributed by atoms with E-state index in [0.717, 1.165) is 31.1 Å². The third-order valence-corrected chi connectivity index (χ3v) is 4.99. The highest BCUT2D eigenvalue weighted by atomic mass is 32.2. The van der Waals surface area contributed by atoms with Crippen molar-refractivity contribution in [3.8, 4) is 0 Å². The summed E-state index contributed by atoms with van der Waals surface area (Å²) in [5.74, 6) is 3.22. The van der Waals surface area contributed by atoms with Crippen molar-refractivity contribution in [3.63, 3.8) is 0 Å². The van der Waals surface area contributed by atoms with Gasteiger partial charge in [-0.15, -0.1) is 0 Å². The quantitative estimate of drug-likeness (QED) is 0.812. The molecule has 0 saturated carbocycles. The molecule has 19 heavy (non-hydrogen) atoms. The molecule has 0 radical (unpaired) electrons. The highest BCUT2D eigenvalue weighted by molar-refractivity contribution is 7.99. The van der Waals surface area contributed by atoms with E-state index in [0.29, 0.717) is 24.6 Å². The van der Waals surface area contributed by atoms with Crippen LogP contribution in [0, 0.1) is 0 Å². The van der Waals surface area contributed by atoms with E-state index in [4.69, 9.17) is 4.52 Å². The highest BCUT2D eigenvalue weighted by Crippen LogP contribution is 2.32. The SMILES string of the molecule is CN1CCSCC1c1noc(C2(O)CCNCC2)n1. The summed E-state index contributed by atoms with van der Waals surface area (Å²) in [7, 11) is 2.08. The number of hydrogen-bond donors (Lipinski definition) is 2. The molecule has 0 aromatic carbocycles. The van der Waals surface area contributed by atoms with E-state index in [2.05, 4.69) is 27.4 Å². The predicted molar refractivity (Wildman–Crippen MR) is 73.0 cm³/mol. The molecule has 6 nitrogen and oxygen atoms in total. The molecule has 106 valence electrons. The lowest BCUT2D eigenvalue weighted by Crippen LogP contribution is -2.40. The molecule has 1 aromatic rings. The van der Waals surface area contributed by atoms with Crippen molar-refractivity contribution in [3.05, 3.63) is 11.7 Å². The Balaban J connectivity index is 1.78. The second-order valence-corrected chi connectivity index (χ2v) is 6.46. The standard InChI is InChI=1S/C12H20N4O2S/c1-16-6-7-19-8-9(16)10-14-11(18-15-10)12(17)2-4-13-5-3-12/h9,13,17H,2-8H2,1H3. The molecule has 0 amide bonds. The Morgan fingerprint density at radius 1 is 1.47 bits per heavy atom. The summed E-state index contributed by atoms with van der Waals surface area (Å²) >= 11 is 1.91. The largest absolute Gasteiger partial charge is 0.380 e. The van der Waals surface area contributed by atoms with Crippen LogP contribution >= 0.6 is 11.8 Å². The van der Waals surface area contributed by atoms with Crippen molar-refractivity contribution in [1.29, 1.82) is 0 Å². The Labute approximate surface area is 116 Å². The fraction of sp³-hybridized carbons (Fsp3) is 0.833. The van der Waals surface area contributed by atoms with Gasteiger partial charge in [0.15, 0.2) is 5.82 Å². The summed E-state index contributed by atoms with van der Waals surface area (Å²) in [6, 6.07) is 0.196. The third kappa shape index (κ3) is 2.65. The van der Waals surface area contributed by atoms with Crippen molar-refractivity contribution in [2.24, 2.45) is 0 Å². The molecule has 1 aromatic heterocycles. The summed E-state index contributed by atoms with van der Waals surface area (Å²) < 4.78 is 5.33. The maximum absolute atomic E-state index is 10.6. The van der Waals surface area contributed by atoms with E-state index >= 15 is 0 Å². The van der Waals surface area contributed by atoms with E-state index < -0.39 is 5.60 Å². The van der Waals surface area contributed by atoms with Crippen molar-refractivity contribution in [2.45, 2.75) is 24.5 Å². The van der Waals surface area contributed by atoms with Crippen LogP contribution in [0.3, 0.4) is 0 Å². The summed E-state index contributed by atoms with van der Waals surface area (Å²) in [5.41, 5.74) is -0.948. The molecule has 3 rings (SSSR count). The molecular formula is C12H20N4O2S. The zero-order valence-electron chi connectivity index (χ0n) is 11.1. The molecule has 2 saturated heterocycles. The maximum Gasteiger partial charge on any atom is 0.258 e. The van der Waals surface area contributed by atoms with Crippen LogP contribution in [0.5, 0.6) is 0 Å². The molecule has 2 aliphatic heterocycles. The summed E-state index contributed by atoms with van der Waals surface area (Å²) in [6.45, 7) is 2.61. The normalized spacial score (nSPS) is 28.4. The van der Waals surface area contributed by atoms with Crippen LogP contribution in [0.2, 0.25) is 0 Å². The molecular weight excluding hydrogens is 264 g/mol. The molecule has 7 heteroatoms. The van der Waals surface area contributed by atoms with Gasteiger partial charge in [-0.3, -0.25) is 4.90 Å². The number of rotatable bonds is 2. The molecule has 0 aliphatic carbocycles. The van der Waals surface area contributed by atoms with Gasteiger partial charge in [0.25, 0.3) is 5.89 Å². The van der Waals surface area contributed by atoms with Gasteiger partial charge in [0, 0.05) is 18.1 Å². The van der Waals surface area contributed by atoms with Crippen LogP contribution in [0.4, 0.5) is 0 Å². The summed E-state index contributed by atoms with van der Waals surface area (Å²) in [6.07, 6.45) is 1.26. The average Bonchev–Trinajstić information content (AvgIpc) is 2.90. The Bertz CT molecular complexity index is 433. The minimum atomic E-state index is -0.948. The zero-order valence-corrected chi connectivity index (χ0v) is 11.9. The number of aromatic nitrogens is 2. The summed E-state index contributed by atoms with van der Waals surface area (Å²) in [4.78, 5) is 6.72. The smallest absolute Gasteiger partial charge is 0.258 e. The van der Waals surface area contributed by atoms with Crippen LogP contribution in [-0.4, -0.2) is 58.3 Å². The molecule has 2 aliphatic rings. The Hall–Kier alpha value is -0.630. The topological polar surface area (TPSA) is 74.4 Å². The first-order valence-electron chi connectivity index (χ1n) is 6.74. The lowest BCUT2D eigenvalue weighted by molar-refractivity contribution is -0.0228. The van der Waals surface area contributed by atoms with E-state index in [1.54, 1.807) is 0 Å². The van der Waals surface area contributed by atoms with Gasteiger partial charge >= 0.3 is 0 Å². The second-order valence-electron chi connectivity index (χ2n) is 5.31. The molecule has 1 atom stereocenters. The number of nitrogens with one attached hydrogen (secondary N) is 1. The number of aliphatic hydroxyl groups is 1. The first-order chi connectivity index (χ1) is 9.19. The molecule has 3 heterocycles. The molecule has 2 N–H and O–H groups in total. The predicted octanol–water partition coefficient (Wildman–Crippen LogP) is 0.360. The van der Waals surface area contributed by atoms with E-state index in [-0.39, 0.29) is 6.04 Å². The van der Waals surface area contributed by atoms with E-state index in [9.17, 15) is 5.11 Å². The van der Waals surface area contributed by atoms with Gasteiger partial charge in [-0.25, -0.2) is 0 Å².